The largest absolute Gasteiger partial charge is 0.322 e. The minimum Gasteiger partial charge on any atom is -0.322 e. The van der Waals surface area contributed by atoms with Gasteiger partial charge in [0.2, 0.25) is 0 Å². The Morgan fingerprint density at radius 1 is 1.00 bits per heavy atom. The minimum absolute atomic E-state index is 0.152. The highest BCUT2D eigenvalue weighted by atomic mass is 19.1. The molecule has 0 spiro atoms. The van der Waals surface area contributed by atoms with Gasteiger partial charge in [-0.3, -0.25) is 4.79 Å². The van der Waals surface area contributed by atoms with Crippen molar-refractivity contribution in [3.05, 3.63) is 112 Å². The average molecular weight is 429 g/mol. The number of carbonyl (C=O) groups is 1. The molecule has 0 aliphatic carbocycles. The Bertz CT molecular complexity index is 1280. The third-order valence-corrected chi connectivity index (χ3v) is 5.33. The number of aromatic nitrogens is 1. The number of aryl methyl sites for hydroxylation is 1. The zero-order valence-corrected chi connectivity index (χ0v) is 17.8. The van der Waals surface area contributed by atoms with Crippen molar-refractivity contribution in [2.24, 2.45) is 0 Å². The summed E-state index contributed by atoms with van der Waals surface area (Å²) in [5, 5.41) is 3.72. The second kappa shape index (κ2) is 9.47. The van der Waals surface area contributed by atoms with Crippen molar-refractivity contribution < 1.29 is 9.18 Å². The van der Waals surface area contributed by atoms with Crippen LogP contribution >= 0.6 is 0 Å². The lowest BCUT2D eigenvalue weighted by Crippen LogP contribution is -2.37. The number of H-pyrrole nitrogens is 1. The van der Waals surface area contributed by atoms with Crippen LogP contribution in [0.25, 0.3) is 10.9 Å². The molecule has 4 rings (SSSR count). The van der Waals surface area contributed by atoms with Crippen LogP contribution in [0.4, 0.5) is 14.9 Å². The summed E-state index contributed by atoms with van der Waals surface area (Å²) in [6, 6.07) is 22.8. The van der Waals surface area contributed by atoms with Crippen LogP contribution in [0.3, 0.4) is 0 Å². The van der Waals surface area contributed by atoms with Crippen molar-refractivity contribution in [2.75, 3.05) is 11.9 Å². The van der Waals surface area contributed by atoms with Crippen molar-refractivity contribution in [1.82, 2.24) is 9.88 Å². The van der Waals surface area contributed by atoms with Crippen molar-refractivity contribution in [3.8, 4) is 0 Å². The molecule has 0 saturated heterocycles. The number of rotatable bonds is 6. The van der Waals surface area contributed by atoms with E-state index in [4.69, 9.17) is 0 Å². The maximum absolute atomic E-state index is 13.2. The summed E-state index contributed by atoms with van der Waals surface area (Å²) in [5.41, 5.74) is 3.71. The number of fused-ring (bicyclic) bond motifs is 1. The van der Waals surface area contributed by atoms with Gasteiger partial charge in [-0.05, 0) is 66.8 Å². The smallest absolute Gasteiger partial charge is 0.322 e. The van der Waals surface area contributed by atoms with Crippen LogP contribution in [0.2, 0.25) is 0 Å². The Labute approximate surface area is 185 Å². The number of amides is 2. The molecular formula is C26H24FN3O2. The fourth-order valence-electron chi connectivity index (χ4n) is 3.59. The maximum atomic E-state index is 13.2. The number of nitrogens with one attached hydrogen (secondary N) is 2. The van der Waals surface area contributed by atoms with E-state index in [1.54, 1.807) is 4.90 Å². The first kappa shape index (κ1) is 21.3. The minimum atomic E-state index is -0.373. The number of pyridine rings is 1. The zero-order chi connectivity index (χ0) is 22.5. The third kappa shape index (κ3) is 5.21. The molecule has 0 radical (unpaired) electrons. The quantitative estimate of drug-likeness (QED) is 0.440. The molecule has 5 nitrogen and oxygen atoms in total. The normalized spacial score (nSPS) is 10.8. The first-order chi connectivity index (χ1) is 15.5. The number of nitrogens with zero attached hydrogens (tertiary/aromatic N) is 1. The number of hydrogen-bond donors (Lipinski definition) is 2. The zero-order valence-electron chi connectivity index (χ0n) is 17.8. The van der Waals surface area contributed by atoms with E-state index in [9.17, 15) is 14.0 Å². The van der Waals surface area contributed by atoms with E-state index in [0.717, 1.165) is 22.0 Å². The predicted octanol–water partition coefficient (Wildman–Crippen LogP) is 5.25. The summed E-state index contributed by atoms with van der Waals surface area (Å²) < 4.78 is 13.2. The molecule has 0 unspecified atom stereocenters. The fraction of sp³-hybridized carbons (Fsp3) is 0.154. The van der Waals surface area contributed by atoms with Crippen LogP contribution in [-0.2, 0) is 13.0 Å². The number of anilines is 1. The molecular weight excluding hydrogens is 405 g/mol. The van der Waals surface area contributed by atoms with Gasteiger partial charge in [-0.2, -0.15) is 0 Å². The fourth-order valence-corrected chi connectivity index (χ4v) is 3.59. The molecule has 2 N–H and O–H groups in total. The number of hydrogen-bond acceptors (Lipinski definition) is 2. The second-order valence-corrected chi connectivity index (χ2v) is 7.81. The molecule has 1 aromatic heterocycles. The highest BCUT2D eigenvalue weighted by Gasteiger charge is 2.17. The summed E-state index contributed by atoms with van der Waals surface area (Å²) in [6.45, 7) is 2.56. The molecule has 0 fully saturated rings. The Balaban J connectivity index is 1.59. The molecule has 0 atom stereocenters. The molecule has 4 aromatic rings. The van der Waals surface area contributed by atoms with E-state index in [1.807, 2.05) is 61.5 Å². The Hall–Kier alpha value is -3.93. The van der Waals surface area contributed by atoms with Crippen LogP contribution in [0.5, 0.6) is 0 Å². The number of benzene rings is 3. The molecule has 162 valence electrons. The molecule has 3 aromatic carbocycles. The van der Waals surface area contributed by atoms with Gasteiger partial charge in [0.25, 0.3) is 5.56 Å². The first-order valence-corrected chi connectivity index (χ1v) is 10.5. The molecule has 1 heterocycles. The van der Waals surface area contributed by atoms with Gasteiger partial charge in [0, 0.05) is 23.3 Å². The van der Waals surface area contributed by atoms with E-state index in [2.05, 4.69) is 10.3 Å². The van der Waals surface area contributed by atoms with E-state index in [-0.39, 0.29) is 24.0 Å². The van der Waals surface area contributed by atoms with Gasteiger partial charge in [0.15, 0.2) is 0 Å². The Morgan fingerprint density at radius 3 is 2.50 bits per heavy atom. The number of halogens is 1. The van der Waals surface area contributed by atoms with Gasteiger partial charge < -0.3 is 15.2 Å². The Morgan fingerprint density at radius 2 is 1.75 bits per heavy atom. The second-order valence-electron chi connectivity index (χ2n) is 7.81. The topological polar surface area (TPSA) is 65.2 Å². The lowest BCUT2D eigenvalue weighted by molar-refractivity contribution is 0.209. The van der Waals surface area contributed by atoms with Crippen molar-refractivity contribution >= 4 is 22.6 Å². The monoisotopic (exact) mass is 429 g/mol. The van der Waals surface area contributed by atoms with E-state index in [0.29, 0.717) is 24.2 Å². The Kier molecular flexibility index (Phi) is 6.31. The van der Waals surface area contributed by atoms with Gasteiger partial charge in [-0.1, -0.05) is 42.0 Å². The van der Waals surface area contributed by atoms with Gasteiger partial charge in [-0.15, -0.1) is 0 Å². The van der Waals surface area contributed by atoms with Crippen LogP contribution in [-0.4, -0.2) is 22.5 Å². The lowest BCUT2D eigenvalue weighted by atomic mass is 10.1. The molecule has 6 heteroatoms. The first-order valence-electron chi connectivity index (χ1n) is 10.5. The van der Waals surface area contributed by atoms with Crippen molar-refractivity contribution in [3.63, 3.8) is 0 Å². The van der Waals surface area contributed by atoms with Crippen molar-refractivity contribution in [2.45, 2.75) is 19.9 Å². The molecule has 0 aliphatic rings. The van der Waals surface area contributed by atoms with E-state index < -0.39 is 0 Å². The van der Waals surface area contributed by atoms with E-state index >= 15 is 0 Å². The number of aromatic amines is 1. The summed E-state index contributed by atoms with van der Waals surface area (Å²) in [7, 11) is 0. The molecule has 2 amide bonds. The molecule has 0 saturated carbocycles. The average Bonchev–Trinajstić information content (AvgIpc) is 2.79. The highest BCUT2D eigenvalue weighted by molar-refractivity contribution is 5.89. The molecule has 0 aliphatic heterocycles. The SMILES string of the molecule is Cc1ccc2[nH]c(=O)c(CN(CCc3ccccc3)C(=O)Nc3ccc(F)cc3)cc2c1. The van der Waals surface area contributed by atoms with Crippen LogP contribution in [0.15, 0.2) is 83.7 Å². The summed E-state index contributed by atoms with van der Waals surface area (Å²) in [5.74, 6) is -0.373. The van der Waals surface area contributed by atoms with Crippen LogP contribution in [0, 0.1) is 12.7 Å². The highest BCUT2D eigenvalue weighted by Crippen LogP contribution is 2.16. The molecule has 0 bridgehead atoms. The van der Waals surface area contributed by atoms with Gasteiger partial charge in [0.05, 0.1) is 6.54 Å². The van der Waals surface area contributed by atoms with Crippen LogP contribution < -0.4 is 10.9 Å². The standard InChI is InChI=1S/C26H24FN3O2/c1-18-7-12-24-20(15-18)16-21(25(31)29-24)17-30(14-13-19-5-3-2-4-6-19)26(32)28-23-10-8-22(27)9-11-23/h2-12,15-16H,13-14,17H2,1H3,(H,28,32)(H,29,31). The van der Waals surface area contributed by atoms with Crippen molar-refractivity contribution in [1.29, 1.82) is 0 Å². The third-order valence-electron chi connectivity index (χ3n) is 5.33. The van der Waals surface area contributed by atoms with Gasteiger partial charge >= 0.3 is 6.03 Å². The molecule has 32 heavy (non-hydrogen) atoms. The van der Waals surface area contributed by atoms with Gasteiger partial charge in [0.1, 0.15) is 5.82 Å². The summed E-state index contributed by atoms with van der Waals surface area (Å²) >= 11 is 0. The number of carbonyl (C=O) groups excluding carboxylic acids is 1. The van der Waals surface area contributed by atoms with Gasteiger partial charge in [-0.25, -0.2) is 9.18 Å². The number of urea groups is 1. The van der Waals surface area contributed by atoms with E-state index in [1.165, 1.54) is 24.3 Å². The predicted molar refractivity (Wildman–Crippen MR) is 125 cm³/mol. The summed E-state index contributed by atoms with van der Waals surface area (Å²) in [4.78, 5) is 30.3. The lowest BCUT2D eigenvalue weighted by Gasteiger charge is -2.23. The maximum Gasteiger partial charge on any atom is 0.322 e. The van der Waals surface area contributed by atoms with Crippen LogP contribution in [0.1, 0.15) is 16.7 Å². The summed E-state index contributed by atoms with van der Waals surface area (Å²) in [6.07, 6.45) is 0.641.